The molecule has 0 spiro atoms. The van der Waals surface area contributed by atoms with Gasteiger partial charge in [-0.3, -0.25) is 0 Å². The molecule has 0 bridgehead atoms. The first-order valence-corrected chi connectivity index (χ1v) is 8.25. The van der Waals surface area contributed by atoms with Crippen LogP contribution in [0.5, 0.6) is 5.75 Å². The molecular weight excluding hydrogens is 302 g/mol. The molecule has 1 aromatic carbocycles. The Morgan fingerprint density at radius 1 is 1.42 bits per heavy atom. The molecular formula is C16H22BrNO. The molecule has 3 heteroatoms. The van der Waals surface area contributed by atoms with Gasteiger partial charge >= 0.3 is 0 Å². The number of fused-ring (bicyclic) bond motifs is 1. The number of halogens is 1. The van der Waals surface area contributed by atoms with Crippen LogP contribution in [-0.2, 0) is 0 Å². The van der Waals surface area contributed by atoms with Gasteiger partial charge in [-0.15, -0.1) is 0 Å². The Hall–Kier alpha value is -0.540. The molecule has 0 saturated heterocycles. The van der Waals surface area contributed by atoms with Crippen LogP contribution in [0, 0.1) is 5.92 Å². The molecule has 1 aliphatic heterocycles. The fourth-order valence-corrected chi connectivity index (χ4v) is 3.46. The van der Waals surface area contributed by atoms with Crippen LogP contribution in [0.15, 0.2) is 22.7 Å². The third-order valence-electron chi connectivity index (χ3n) is 4.24. The van der Waals surface area contributed by atoms with E-state index in [1.54, 1.807) is 0 Å². The van der Waals surface area contributed by atoms with Crippen molar-refractivity contribution in [2.75, 3.05) is 6.61 Å². The standard InChI is InChI=1S/C16H22BrNO/c1-2-4-11-9-15(11)18-14-5-3-8-19-16-10-12(17)6-7-13(14)16/h6-7,10-11,14-15,18H,2-5,8-9H2,1H3. The monoisotopic (exact) mass is 323 g/mol. The third-order valence-corrected chi connectivity index (χ3v) is 4.74. The van der Waals surface area contributed by atoms with Crippen LogP contribution in [0.1, 0.15) is 50.6 Å². The van der Waals surface area contributed by atoms with Gasteiger partial charge in [-0.1, -0.05) is 35.3 Å². The molecule has 19 heavy (non-hydrogen) atoms. The highest BCUT2D eigenvalue weighted by Gasteiger charge is 2.38. The van der Waals surface area contributed by atoms with E-state index in [9.17, 15) is 0 Å². The van der Waals surface area contributed by atoms with E-state index in [1.807, 2.05) is 0 Å². The number of benzene rings is 1. The number of nitrogens with one attached hydrogen (secondary N) is 1. The lowest BCUT2D eigenvalue weighted by atomic mass is 10.0. The molecule has 1 N–H and O–H groups in total. The molecule has 2 nitrogen and oxygen atoms in total. The van der Waals surface area contributed by atoms with Gasteiger partial charge < -0.3 is 10.1 Å². The number of rotatable bonds is 4. The summed E-state index contributed by atoms with van der Waals surface area (Å²) >= 11 is 3.53. The molecule has 1 aromatic rings. The molecule has 1 aliphatic carbocycles. The first-order valence-electron chi connectivity index (χ1n) is 7.46. The van der Waals surface area contributed by atoms with E-state index < -0.39 is 0 Å². The van der Waals surface area contributed by atoms with Gasteiger partial charge in [0.15, 0.2) is 0 Å². The molecule has 0 amide bonds. The van der Waals surface area contributed by atoms with Crippen LogP contribution in [-0.4, -0.2) is 12.6 Å². The Balaban J connectivity index is 1.72. The normalized spacial score (nSPS) is 29.3. The largest absolute Gasteiger partial charge is 0.493 e. The first-order chi connectivity index (χ1) is 9.28. The quantitative estimate of drug-likeness (QED) is 0.884. The van der Waals surface area contributed by atoms with E-state index in [2.05, 4.69) is 46.4 Å². The molecule has 3 atom stereocenters. The van der Waals surface area contributed by atoms with Crippen molar-refractivity contribution in [2.45, 2.75) is 51.1 Å². The maximum Gasteiger partial charge on any atom is 0.125 e. The van der Waals surface area contributed by atoms with Crippen LogP contribution in [0.4, 0.5) is 0 Å². The van der Waals surface area contributed by atoms with Gasteiger partial charge in [-0.05, 0) is 43.7 Å². The molecule has 0 aromatic heterocycles. The van der Waals surface area contributed by atoms with Gasteiger partial charge in [0.05, 0.1) is 6.61 Å². The fourth-order valence-electron chi connectivity index (χ4n) is 3.12. The zero-order valence-electron chi connectivity index (χ0n) is 11.5. The number of ether oxygens (including phenoxy) is 1. The van der Waals surface area contributed by atoms with Crippen molar-refractivity contribution in [3.8, 4) is 5.75 Å². The summed E-state index contributed by atoms with van der Waals surface area (Å²) in [5, 5.41) is 3.85. The van der Waals surface area contributed by atoms with Crippen LogP contribution >= 0.6 is 15.9 Å². The summed E-state index contributed by atoms with van der Waals surface area (Å²) in [5.41, 5.74) is 1.34. The van der Waals surface area contributed by atoms with Crippen LogP contribution in [0.3, 0.4) is 0 Å². The lowest BCUT2D eigenvalue weighted by molar-refractivity contribution is 0.315. The highest BCUT2D eigenvalue weighted by molar-refractivity contribution is 9.10. The topological polar surface area (TPSA) is 21.3 Å². The molecule has 104 valence electrons. The van der Waals surface area contributed by atoms with Gasteiger partial charge in [-0.2, -0.15) is 0 Å². The lowest BCUT2D eigenvalue weighted by Gasteiger charge is -2.18. The summed E-state index contributed by atoms with van der Waals surface area (Å²) in [6.45, 7) is 3.12. The average Bonchev–Trinajstić information content (AvgIpc) is 3.14. The Bertz CT molecular complexity index is 448. The summed E-state index contributed by atoms with van der Waals surface area (Å²) in [6, 6.07) is 7.64. The summed E-state index contributed by atoms with van der Waals surface area (Å²) in [7, 11) is 0. The summed E-state index contributed by atoms with van der Waals surface area (Å²) in [6.07, 6.45) is 6.35. The second kappa shape index (κ2) is 5.84. The predicted octanol–water partition coefficient (Wildman–Crippen LogP) is 4.44. The Kier molecular flexibility index (Phi) is 4.13. The highest BCUT2D eigenvalue weighted by Crippen LogP contribution is 2.40. The average molecular weight is 324 g/mol. The minimum atomic E-state index is 0.470. The molecule has 3 rings (SSSR count). The van der Waals surface area contributed by atoms with E-state index in [-0.39, 0.29) is 0 Å². The van der Waals surface area contributed by atoms with Crippen molar-refractivity contribution in [3.63, 3.8) is 0 Å². The van der Waals surface area contributed by atoms with Gasteiger partial charge in [0, 0.05) is 22.1 Å². The molecule has 1 fully saturated rings. The number of hydrogen-bond acceptors (Lipinski definition) is 2. The second-order valence-electron chi connectivity index (χ2n) is 5.78. The minimum Gasteiger partial charge on any atom is -0.493 e. The zero-order valence-corrected chi connectivity index (χ0v) is 13.1. The smallest absolute Gasteiger partial charge is 0.125 e. The predicted molar refractivity (Wildman–Crippen MR) is 81.6 cm³/mol. The highest BCUT2D eigenvalue weighted by atomic mass is 79.9. The van der Waals surface area contributed by atoms with Crippen molar-refractivity contribution in [2.24, 2.45) is 5.92 Å². The SMILES string of the molecule is CCCC1CC1NC1CCCOc2cc(Br)ccc21. The summed E-state index contributed by atoms with van der Waals surface area (Å²) in [4.78, 5) is 0. The van der Waals surface area contributed by atoms with Crippen molar-refractivity contribution >= 4 is 15.9 Å². The molecule has 1 saturated carbocycles. The Morgan fingerprint density at radius 2 is 2.32 bits per heavy atom. The van der Waals surface area contributed by atoms with E-state index in [1.165, 1.54) is 31.2 Å². The molecule has 2 aliphatic rings. The maximum absolute atomic E-state index is 5.87. The Labute approximate surface area is 124 Å². The van der Waals surface area contributed by atoms with Crippen molar-refractivity contribution in [1.82, 2.24) is 5.32 Å². The third kappa shape index (κ3) is 3.14. The van der Waals surface area contributed by atoms with Crippen LogP contribution in [0.2, 0.25) is 0 Å². The van der Waals surface area contributed by atoms with Crippen LogP contribution in [0.25, 0.3) is 0 Å². The van der Waals surface area contributed by atoms with E-state index in [0.717, 1.165) is 35.2 Å². The van der Waals surface area contributed by atoms with Crippen molar-refractivity contribution < 1.29 is 4.74 Å². The molecule has 0 radical (unpaired) electrons. The zero-order chi connectivity index (χ0) is 13.2. The lowest BCUT2D eigenvalue weighted by Crippen LogP contribution is -2.24. The summed E-state index contributed by atoms with van der Waals surface area (Å²) in [5.74, 6) is 1.96. The number of hydrogen-bond donors (Lipinski definition) is 1. The van der Waals surface area contributed by atoms with Gasteiger partial charge in [-0.25, -0.2) is 0 Å². The fraction of sp³-hybridized carbons (Fsp3) is 0.625. The summed E-state index contributed by atoms with van der Waals surface area (Å²) < 4.78 is 6.97. The molecule has 3 unspecified atom stereocenters. The second-order valence-corrected chi connectivity index (χ2v) is 6.70. The van der Waals surface area contributed by atoms with Gasteiger partial charge in [0.25, 0.3) is 0 Å². The first kappa shape index (κ1) is 13.4. The maximum atomic E-state index is 5.87. The van der Waals surface area contributed by atoms with Gasteiger partial charge in [0.1, 0.15) is 5.75 Å². The molecule has 1 heterocycles. The van der Waals surface area contributed by atoms with E-state index >= 15 is 0 Å². The van der Waals surface area contributed by atoms with E-state index in [4.69, 9.17) is 4.74 Å². The van der Waals surface area contributed by atoms with Crippen molar-refractivity contribution in [1.29, 1.82) is 0 Å². The van der Waals surface area contributed by atoms with Gasteiger partial charge in [0.2, 0.25) is 0 Å². The van der Waals surface area contributed by atoms with E-state index in [0.29, 0.717) is 6.04 Å². The van der Waals surface area contributed by atoms with Crippen molar-refractivity contribution in [3.05, 3.63) is 28.2 Å². The Morgan fingerprint density at radius 3 is 3.16 bits per heavy atom. The minimum absolute atomic E-state index is 0.470. The van der Waals surface area contributed by atoms with Crippen LogP contribution < -0.4 is 10.1 Å².